The Morgan fingerprint density at radius 1 is 1.10 bits per heavy atom. The molecule has 1 aliphatic carbocycles. The van der Waals surface area contributed by atoms with Crippen LogP contribution in [0, 0.1) is 0 Å². The Balaban J connectivity index is 1.96. The Morgan fingerprint density at radius 3 is 2.60 bits per heavy atom. The predicted octanol–water partition coefficient (Wildman–Crippen LogP) is 3.91. The summed E-state index contributed by atoms with van der Waals surface area (Å²) in [5, 5.41) is 3.63. The molecule has 1 aromatic carbocycles. The molecule has 0 heterocycles. The van der Waals surface area contributed by atoms with Crippen molar-refractivity contribution < 1.29 is 9.47 Å². The third-order valence-electron chi connectivity index (χ3n) is 3.72. The van der Waals surface area contributed by atoms with Crippen molar-refractivity contribution in [3.8, 4) is 11.5 Å². The molecule has 0 spiro atoms. The first-order valence-corrected chi connectivity index (χ1v) is 7.95. The van der Waals surface area contributed by atoms with Crippen LogP contribution in [0.1, 0.15) is 51.5 Å². The van der Waals surface area contributed by atoms with Crippen LogP contribution in [0.4, 0.5) is 0 Å². The minimum atomic E-state index is 0.669. The van der Waals surface area contributed by atoms with E-state index in [1.165, 1.54) is 31.2 Å². The van der Waals surface area contributed by atoms with E-state index in [1.807, 2.05) is 13.0 Å². The lowest BCUT2D eigenvalue weighted by molar-refractivity contribution is 0.276. The number of benzene rings is 1. The van der Waals surface area contributed by atoms with Crippen LogP contribution in [-0.2, 0) is 6.54 Å². The van der Waals surface area contributed by atoms with E-state index in [9.17, 15) is 0 Å². The molecule has 1 saturated carbocycles. The van der Waals surface area contributed by atoms with Gasteiger partial charge in [-0.2, -0.15) is 0 Å². The van der Waals surface area contributed by atoms with Crippen LogP contribution in [0.25, 0.3) is 0 Å². The van der Waals surface area contributed by atoms with Crippen molar-refractivity contribution in [3.63, 3.8) is 0 Å². The molecule has 1 fully saturated rings. The summed E-state index contributed by atoms with van der Waals surface area (Å²) in [5.41, 5.74) is 1.27. The van der Waals surface area contributed by atoms with Gasteiger partial charge in [0.25, 0.3) is 0 Å². The fraction of sp³-hybridized carbons (Fsp3) is 0.647. The van der Waals surface area contributed by atoms with E-state index in [4.69, 9.17) is 9.47 Å². The van der Waals surface area contributed by atoms with Gasteiger partial charge >= 0.3 is 0 Å². The second-order valence-electron chi connectivity index (χ2n) is 5.42. The molecule has 1 aromatic rings. The van der Waals surface area contributed by atoms with Crippen LogP contribution < -0.4 is 14.8 Å². The van der Waals surface area contributed by atoms with Gasteiger partial charge in [-0.15, -0.1) is 0 Å². The third kappa shape index (κ3) is 4.41. The van der Waals surface area contributed by atoms with E-state index >= 15 is 0 Å². The number of hydrogen-bond acceptors (Lipinski definition) is 3. The third-order valence-corrected chi connectivity index (χ3v) is 3.72. The largest absolute Gasteiger partial charge is 0.490 e. The van der Waals surface area contributed by atoms with Crippen LogP contribution in [0.15, 0.2) is 18.2 Å². The second kappa shape index (κ2) is 8.15. The van der Waals surface area contributed by atoms with Crippen molar-refractivity contribution in [2.24, 2.45) is 0 Å². The topological polar surface area (TPSA) is 30.5 Å². The Hall–Kier alpha value is -1.22. The maximum absolute atomic E-state index is 5.73. The maximum atomic E-state index is 5.73. The highest BCUT2D eigenvalue weighted by molar-refractivity contribution is 5.43. The fourth-order valence-electron chi connectivity index (χ4n) is 2.65. The second-order valence-corrected chi connectivity index (χ2v) is 5.42. The maximum Gasteiger partial charge on any atom is 0.161 e. The molecule has 0 bridgehead atoms. The molecule has 0 aromatic heterocycles. The zero-order chi connectivity index (χ0) is 14.2. The number of rotatable bonds is 8. The standard InChI is InChI=1S/C17H27NO2/c1-3-11-20-16-10-9-14(12-17(16)19-4-2)13-18-15-7-5-6-8-15/h9-10,12,15,18H,3-8,11,13H2,1-2H3. The average Bonchev–Trinajstić information content (AvgIpc) is 2.98. The van der Waals surface area contributed by atoms with Gasteiger partial charge in [-0.05, 0) is 43.9 Å². The van der Waals surface area contributed by atoms with Crippen molar-refractivity contribution in [2.75, 3.05) is 13.2 Å². The molecule has 1 aliphatic rings. The molecule has 0 saturated heterocycles. The fourth-order valence-corrected chi connectivity index (χ4v) is 2.65. The smallest absolute Gasteiger partial charge is 0.161 e. The number of ether oxygens (including phenoxy) is 2. The minimum absolute atomic E-state index is 0.669. The van der Waals surface area contributed by atoms with Crippen molar-refractivity contribution in [2.45, 2.75) is 58.5 Å². The Kier molecular flexibility index (Phi) is 6.19. The summed E-state index contributed by atoms with van der Waals surface area (Å²) in [6.07, 6.45) is 6.37. The van der Waals surface area contributed by atoms with Crippen molar-refractivity contribution >= 4 is 0 Å². The van der Waals surface area contributed by atoms with E-state index in [2.05, 4.69) is 24.4 Å². The van der Waals surface area contributed by atoms with Crippen molar-refractivity contribution in [1.82, 2.24) is 5.32 Å². The molecule has 112 valence electrons. The van der Waals surface area contributed by atoms with Crippen LogP contribution in [0.5, 0.6) is 11.5 Å². The van der Waals surface area contributed by atoms with E-state index < -0.39 is 0 Å². The molecule has 2 rings (SSSR count). The summed E-state index contributed by atoms with van der Waals surface area (Å²) in [6.45, 7) is 6.44. The summed E-state index contributed by atoms with van der Waals surface area (Å²) in [7, 11) is 0. The SMILES string of the molecule is CCCOc1ccc(CNC2CCCC2)cc1OCC. The molecular formula is C17H27NO2. The van der Waals surface area contributed by atoms with Crippen LogP contribution in [0.3, 0.4) is 0 Å². The summed E-state index contributed by atoms with van der Waals surface area (Å²) >= 11 is 0. The van der Waals surface area contributed by atoms with Crippen molar-refractivity contribution in [1.29, 1.82) is 0 Å². The number of nitrogens with one attached hydrogen (secondary N) is 1. The van der Waals surface area contributed by atoms with Crippen molar-refractivity contribution in [3.05, 3.63) is 23.8 Å². The van der Waals surface area contributed by atoms with E-state index in [0.717, 1.165) is 31.1 Å². The molecule has 0 aliphatic heterocycles. The summed E-state index contributed by atoms with van der Waals surface area (Å²) < 4.78 is 11.4. The molecule has 0 radical (unpaired) electrons. The van der Waals surface area contributed by atoms with Gasteiger partial charge in [0.05, 0.1) is 13.2 Å². The summed E-state index contributed by atoms with van der Waals surface area (Å²) in [4.78, 5) is 0. The predicted molar refractivity (Wildman–Crippen MR) is 82.5 cm³/mol. The summed E-state index contributed by atoms with van der Waals surface area (Å²) in [6, 6.07) is 6.97. The van der Waals surface area contributed by atoms with Gasteiger partial charge in [0.15, 0.2) is 11.5 Å². The first-order valence-electron chi connectivity index (χ1n) is 7.95. The lowest BCUT2D eigenvalue weighted by atomic mass is 10.1. The first kappa shape index (κ1) is 15.2. The zero-order valence-corrected chi connectivity index (χ0v) is 12.8. The van der Waals surface area contributed by atoms with Gasteiger partial charge in [0, 0.05) is 12.6 Å². The van der Waals surface area contributed by atoms with Crippen LogP contribution in [-0.4, -0.2) is 19.3 Å². The molecular weight excluding hydrogens is 250 g/mol. The van der Waals surface area contributed by atoms with E-state index in [0.29, 0.717) is 12.6 Å². The highest BCUT2D eigenvalue weighted by Gasteiger charge is 2.14. The normalized spacial score (nSPS) is 15.5. The van der Waals surface area contributed by atoms with Gasteiger partial charge in [0.2, 0.25) is 0 Å². The average molecular weight is 277 g/mol. The Morgan fingerprint density at radius 2 is 1.90 bits per heavy atom. The monoisotopic (exact) mass is 277 g/mol. The van der Waals surface area contributed by atoms with E-state index in [-0.39, 0.29) is 0 Å². The van der Waals surface area contributed by atoms with Gasteiger partial charge in [-0.1, -0.05) is 25.8 Å². The molecule has 0 amide bonds. The van der Waals surface area contributed by atoms with Gasteiger partial charge < -0.3 is 14.8 Å². The lowest BCUT2D eigenvalue weighted by Gasteiger charge is -2.15. The van der Waals surface area contributed by atoms with E-state index in [1.54, 1.807) is 0 Å². The first-order chi connectivity index (χ1) is 9.83. The Labute approximate surface area is 122 Å². The highest BCUT2D eigenvalue weighted by atomic mass is 16.5. The van der Waals surface area contributed by atoms with Gasteiger partial charge in [-0.3, -0.25) is 0 Å². The highest BCUT2D eigenvalue weighted by Crippen LogP contribution is 2.29. The zero-order valence-electron chi connectivity index (χ0n) is 12.8. The molecule has 3 heteroatoms. The molecule has 3 nitrogen and oxygen atoms in total. The van der Waals surface area contributed by atoms with Crippen LogP contribution >= 0.6 is 0 Å². The van der Waals surface area contributed by atoms with Gasteiger partial charge in [-0.25, -0.2) is 0 Å². The Bertz CT molecular complexity index is 400. The van der Waals surface area contributed by atoms with Crippen LogP contribution in [0.2, 0.25) is 0 Å². The molecule has 1 N–H and O–H groups in total. The molecule has 0 atom stereocenters. The molecule has 0 unspecified atom stereocenters. The summed E-state index contributed by atoms with van der Waals surface area (Å²) in [5.74, 6) is 1.73. The quantitative estimate of drug-likeness (QED) is 0.781. The minimum Gasteiger partial charge on any atom is -0.490 e. The van der Waals surface area contributed by atoms with Gasteiger partial charge in [0.1, 0.15) is 0 Å². The number of hydrogen-bond donors (Lipinski definition) is 1. The molecule has 20 heavy (non-hydrogen) atoms. The lowest BCUT2D eigenvalue weighted by Crippen LogP contribution is -2.25.